The number of aromatic nitrogens is 2. The minimum Gasteiger partial charge on any atom is -0.506 e. The summed E-state index contributed by atoms with van der Waals surface area (Å²) < 4.78 is 1.92. The van der Waals surface area contributed by atoms with Crippen molar-refractivity contribution < 1.29 is 5.11 Å². The quantitative estimate of drug-likeness (QED) is 0.726. The summed E-state index contributed by atoms with van der Waals surface area (Å²) in [6.07, 6.45) is 0.970. The van der Waals surface area contributed by atoms with E-state index in [4.69, 9.17) is 23.2 Å². The van der Waals surface area contributed by atoms with Gasteiger partial charge in [-0.25, -0.2) is 0 Å². The Morgan fingerprint density at radius 3 is 2.67 bits per heavy atom. The summed E-state index contributed by atoms with van der Waals surface area (Å²) >= 11 is 12.3. The summed E-state index contributed by atoms with van der Waals surface area (Å²) in [4.78, 5) is 0. The fraction of sp³-hybridized carbons (Fsp3) is 0.188. The zero-order chi connectivity index (χ0) is 15.0. The standard InChI is InChI=1S/C16H14Cl2N2O/c1-2-8-20-16-11(4-3-5-12(16)17)15(19-20)10-6-7-14(21)13(18)9-10/h3-7,9,21H,2,8H2,1H3. The van der Waals surface area contributed by atoms with E-state index in [1.54, 1.807) is 18.2 Å². The molecule has 0 amide bonds. The lowest BCUT2D eigenvalue weighted by atomic mass is 10.1. The molecule has 108 valence electrons. The maximum absolute atomic E-state index is 9.56. The largest absolute Gasteiger partial charge is 0.506 e. The lowest BCUT2D eigenvalue weighted by Crippen LogP contribution is -1.99. The molecule has 0 aliphatic carbocycles. The maximum Gasteiger partial charge on any atom is 0.134 e. The van der Waals surface area contributed by atoms with E-state index in [1.807, 2.05) is 22.9 Å². The van der Waals surface area contributed by atoms with Crippen molar-refractivity contribution in [3.05, 3.63) is 46.4 Å². The fourth-order valence-corrected chi connectivity index (χ4v) is 2.89. The molecule has 0 aliphatic rings. The number of aryl methyl sites for hydroxylation is 1. The van der Waals surface area contributed by atoms with Crippen LogP contribution in [-0.4, -0.2) is 14.9 Å². The summed E-state index contributed by atoms with van der Waals surface area (Å²) in [6.45, 7) is 2.90. The van der Waals surface area contributed by atoms with Crippen LogP contribution < -0.4 is 0 Å². The van der Waals surface area contributed by atoms with Gasteiger partial charge in [0.05, 0.1) is 15.6 Å². The predicted molar refractivity (Wildman–Crippen MR) is 87.1 cm³/mol. The first-order valence-corrected chi connectivity index (χ1v) is 7.51. The first kappa shape index (κ1) is 14.2. The van der Waals surface area contributed by atoms with Gasteiger partial charge in [-0.2, -0.15) is 5.10 Å². The van der Waals surface area contributed by atoms with Crippen molar-refractivity contribution in [3.63, 3.8) is 0 Å². The number of nitrogens with zero attached hydrogens (tertiary/aromatic N) is 2. The van der Waals surface area contributed by atoms with Gasteiger partial charge in [0.1, 0.15) is 11.4 Å². The SMILES string of the molecule is CCCn1nc(-c2ccc(O)c(Cl)c2)c2cccc(Cl)c21. The second-order valence-electron chi connectivity index (χ2n) is 4.87. The van der Waals surface area contributed by atoms with Gasteiger partial charge in [-0.3, -0.25) is 4.68 Å². The molecule has 3 nitrogen and oxygen atoms in total. The van der Waals surface area contributed by atoms with E-state index in [9.17, 15) is 5.11 Å². The lowest BCUT2D eigenvalue weighted by molar-refractivity contribution is 0.475. The third-order valence-electron chi connectivity index (χ3n) is 3.38. The molecule has 0 aliphatic heterocycles. The van der Waals surface area contributed by atoms with Crippen molar-refractivity contribution >= 4 is 34.1 Å². The molecule has 1 N–H and O–H groups in total. The second kappa shape index (κ2) is 5.58. The lowest BCUT2D eigenvalue weighted by Gasteiger charge is -2.01. The second-order valence-corrected chi connectivity index (χ2v) is 5.69. The van der Waals surface area contributed by atoms with Crippen molar-refractivity contribution in [3.8, 4) is 17.0 Å². The molecule has 0 atom stereocenters. The van der Waals surface area contributed by atoms with Crippen LogP contribution in [0.2, 0.25) is 10.0 Å². The van der Waals surface area contributed by atoms with E-state index in [-0.39, 0.29) is 5.75 Å². The third kappa shape index (κ3) is 2.47. The average molecular weight is 321 g/mol. The van der Waals surface area contributed by atoms with Crippen LogP contribution in [0.3, 0.4) is 0 Å². The van der Waals surface area contributed by atoms with Gasteiger partial charge in [0.2, 0.25) is 0 Å². The first-order valence-electron chi connectivity index (χ1n) is 6.75. The normalized spacial score (nSPS) is 11.2. The zero-order valence-corrected chi connectivity index (χ0v) is 13.0. The molecule has 5 heteroatoms. The summed E-state index contributed by atoms with van der Waals surface area (Å²) in [5.41, 5.74) is 2.61. The summed E-state index contributed by atoms with van der Waals surface area (Å²) in [5.74, 6) is 0.0655. The van der Waals surface area contributed by atoms with E-state index in [0.717, 1.165) is 35.1 Å². The molecule has 1 aromatic heterocycles. The van der Waals surface area contributed by atoms with Crippen LogP contribution in [0.5, 0.6) is 5.75 Å². The molecule has 3 aromatic rings. The highest BCUT2D eigenvalue weighted by Gasteiger charge is 2.15. The minimum atomic E-state index is 0.0655. The van der Waals surface area contributed by atoms with Crippen LogP contribution >= 0.6 is 23.2 Å². The molecule has 0 bridgehead atoms. The molecular weight excluding hydrogens is 307 g/mol. The van der Waals surface area contributed by atoms with Crippen LogP contribution in [-0.2, 0) is 6.54 Å². The van der Waals surface area contributed by atoms with Crippen LogP contribution in [0.1, 0.15) is 13.3 Å². The van der Waals surface area contributed by atoms with Gasteiger partial charge < -0.3 is 5.11 Å². The number of benzene rings is 2. The maximum atomic E-state index is 9.56. The fourth-order valence-electron chi connectivity index (χ4n) is 2.43. The van der Waals surface area contributed by atoms with Crippen molar-refractivity contribution in [1.29, 1.82) is 0 Å². The number of rotatable bonds is 3. The van der Waals surface area contributed by atoms with Crippen molar-refractivity contribution in [1.82, 2.24) is 9.78 Å². The van der Waals surface area contributed by atoms with Crippen molar-refractivity contribution in [2.45, 2.75) is 19.9 Å². The number of para-hydroxylation sites is 1. The molecule has 0 fully saturated rings. The Morgan fingerprint density at radius 1 is 1.14 bits per heavy atom. The Labute approximate surface area is 132 Å². The van der Waals surface area contributed by atoms with Crippen molar-refractivity contribution in [2.75, 3.05) is 0 Å². The minimum absolute atomic E-state index is 0.0655. The number of aromatic hydroxyl groups is 1. The number of hydrogen-bond acceptors (Lipinski definition) is 2. The smallest absolute Gasteiger partial charge is 0.134 e. The van der Waals surface area contributed by atoms with Gasteiger partial charge in [0.15, 0.2) is 0 Å². The monoisotopic (exact) mass is 320 g/mol. The molecule has 0 radical (unpaired) electrons. The van der Waals surface area contributed by atoms with Gasteiger partial charge in [-0.05, 0) is 30.7 Å². The number of fused-ring (bicyclic) bond motifs is 1. The molecule has 0 saturated heterocycles. The first-order chi connectivity index (χ1) is 10.1. The van der Waals surface area contributed by atoms with Gasteiger partial charge >= 0.3 is 0 Å². The van der Waals surface area contributed by atoms with Crippen LogP contribution in [0.25, 0.3) is 22.2 Å². The molecule has 3 rings (SSSR count). The highest BCUT2D eigenvalue weighted by atomic mass is 35.5. The number of phenolic OH excluding ortho intramolecular Hbond substituents is 1. The van der Waals surface area contributed by atoms with E-state index >= 15 is 0 Å². The van der Waals surface area contributed by atoms with Crippen molar-refractivity contribution in [2.24, 2.45) is 0 Å². The third-order valence-corrected chi connectivity index (χ3v) is 3.98. The van der Waals surface area contributed by atoms with Crippen LogP contribution in [0.4, 0.5) is 0 Å². The molecule has 2 aromatic carbocycles. The van der Waals surface area contributed by atoms with Gasteiger partial charge in [-0.15, -0.1) is 0 Å². The Bertz CT molecular complexity index is 811. The molecule has 0 spiro atoms. The van der Waals surface area contributed by atoms with Gasteiger partial charge in [0, 0.05) is 17.5 Å². The predicted octanol–water partition coefficient (Wildman–Crippen LogP) is 5.13. The zero-order valence-electron chi connectivity index (χ0n) is 11.5. The van der Waals surface area contributed by atoms with E-state index in [1.165, 1.54) is 0 Å². The molecule has 0 saturated carbocycles. The molecular formula is C16H14Cl2N2O. The van der Waals surface area contributed by atoms with E-state index in [2.05, 4.69) is 12.0 Å². The Morgan fingerprint density at radius 2 is 1.95 bits per heavy atom. The van der Waals surface area contributed by atoms with Crippen LogP contribution in [0.15, 0.2) is 36.4 Å². The Hall–Kier alpha value is -1.71. The summed E-state index contributed by atoms with van der Waals surface area (Å²) in [7, 11) is 0. The molecule has 21 heavy (non-hydrogen) atoms. The van der Waals surface area contributed by atoms with Gasteiger partial charge in [0.25, 0.3) is 0 Å². The number of phenols is 1. The van der Waals surface area contributed by atoms with E-state index < -0.39 is 0 Å². The Kier molecular flexibility index (Phi) is 3.79. The van der Waals surface area contributed by atoms with Crippen LogP contribution in [0, 0.1) is 0 Å². The average Bonchev–Trinajstić information content (AvgIpc) is 2.83. The highest BCUT2D eigenvalue weighted by Crippen LogP contribution is 2.35. The highest BCUT2D eigenvalue weighted by molar-refractivity contribution is 6.35. The Balaban J connectivity index is 2.27. The number of hydrogen-bond donors (Lipinski definition) is 1. The summed E-state index contributed by atoms with van der Waals surface area (Å²) in [5, 5.41) is 16.2. The molecule has 1 heterocycles. The van der Waals surface area contributed by atoms with Gasteiger partial charge in [-0.1, -0.05) is 42.3 Å². The van der Waals surface area contributed by atoms with E-state index in [0.29, 0.717) is 10.0 Å². The summed E-state index contributed by atoms with van der Waals surface area (Å²) in [6, 6.07) is 10.9. The number of halogens is 2. The molecule has 0 unspecified atom stereocenters. The topological polar surface area (TPSA) is 38.0 Å².